The van der Waals surface area contributed by atoms with E-state index in [-0.39, 0.29) is 6.04 Å². The summed E-state index contributed by atoms with van der Waals surface area (Å²) in [5, 5.41) is 4.72. The molecule has 106 valence electrons. The van der Waals surface area contributed by atoms with E-state index in [1.807, 2.05) is 41.2 Å². The molecule has 1 atom stereocenters. The van der Waals surface area contributed by atoms with E-state index < -0.39 is 0 Å². The van der Waals surface area contributed by atoms with Gasteiger partial charge >= 0.3 is 0 Å². The number of allylic oxidation sites excluding steroid dienone is 1. The van der Waals surface area contributed by atoms with Gasteiger partial charge in [-0.3, -0.25) is 9.67 Å². The van der Waals surface area contributed by atoms with Gasteiger partial charge in [0, 0.05) is 24.2 Å². The van der Waals surface area contributed by atoms with Crippen molar-refractivity contribution in [1.82, 2.24) is 14.8 Å². The summed E-state index contributed by atoms with van der Waals surface area (Å²) in [6, 6.07) is 8.00. The third-order valence-electron chi connectivity index (χ3n) is 3.29. The molecule has 3 nitrogen and oxygen atoms in total. The molecule has 0 aliphatic rings. The Balaban J connectivity index is 2.17. The summed E-state index contributed by atoms with van der Waals surface area (Å²) in [6.45, 7) is 5.89. The monoisotopic (exact) mass is 315 g/mol. The van der Waals surface area contributed by atoms with Gasteiger partial charge in [-0.15, -0.1) is 17.9 Å². The van der Waals surface area contributed by atoms with Gasteiger partial charge in [-0.25, -0.2) is 0 Å². The summed E-state index contributed by atoms with van der Waals surface area (Å²) >= 11 is 7.59. The van der Waals surface area contributed by atoms with Crippen LogP contribution >= 0.6 is 22.9 Å². The van der Waals surface area contributed by atoms with Gasteiger partial charge in [0.05, 0.1) is 15.3 Å². The highest BCUT2D eigenvalue weighted by molar-refractivity contribution is 7.19. The standard InChI is InChI=1S/C16H14ClN3S/c1-3-11(2)20-10-13(12-6-8-18-9-7-12)16(19-20)14-4-5-15(17)21-14/h3-11H,1H2,2H3. The second kappa shape index (κ2) is 5.84. The minimum atomic E-state index is 0.134. The first kappa shape index (κ1) is 14.0. The SMILES string of the molecule is C=CC(C)n1cc(-c2ccncc2)c(-c2ccc(Cl)s2)n1. The van der Waals surface area contributed by atoms with E-state index in [2.05, 4.69) is 18.5 Å². The topological polar surface area (TPSA) is 30.7 Å². The first-order valence-electron chi connectivity index (χ1n) is 6.57. The molecule has 0 N–H and O–H groups in total. The number of hydrogen-bond donors (Lipinski definition) is 0. The van der Waals surface area contributed by atoms with Crippen LogP contribution in [0.3, 0.4) is 0 Å². The first-order valence-corrected chi connectivity index (χ1v) is 7.76. The Morgan fingerprint density at radius 2 is 2.05 bits per heavy atom. The molecule has 3 aromatic rings. The fourth-order valence-corrected chi connectivity index (χ4v) is 3.12. The molecule has 0 spiro atoms. The van der Waals surface area contributed by atoms with Gasteiger partial charge in [-0.05, 0) is 36.8 Å². The lowest BCUT2D eigenvalue weighted by Gasteiger charge is -2.04. The quantitative estimate of drug-likeness (QED) is 0.629. The lowest BCUT2D eigenvalue weighted by atomic mass is 10.1. The molecule has 0 saturated carbocycles. The second-order valence-corrected chi connectivity index (χ2v) is 6.40. The van der Waals surface area contributed by atoms with Crippen molar-refractivity contribution in [3.05, 3.63) is 59.8 Å². The van der Waals surface area contributed by atoms with E-state index in [0.29, 0.717) is 0 Å². The van der Waals surface area contributed by atoms with Crippen LogP contribution in [-0.2, 0) is 0 Å². The van der Waals surface area contributed by atoms with Gasteiger partial charge in [0.15, 0.2) is 0 Å². The van der Waals surface area contributed by atoms with E-state index in [9.17, 15) is 0 Å². The molecule has 3 heterocycles. The lowest BCUT2D eigenvalue weighted by Crippen LogP contribution is -2.01. The van der Waals surface area contributed by atoms with Crippen LogP contribution in [0.4, 0.5) is 0 Å². The fraction of sp³-hybridized carbons (Fsp3) is 0.125. The average molecular weight is 316 g/mol. The molecule has 3 aromatic heterocycles. The zero-order chi connectivity index (χ0) is 14.8. The Morgan fingerprint density at radius 3 is 2.67 bits per heavy atom. The minimum absolute atomic E-state index is 0.134. The molecule has 0 aromatic carbocycles. The molecule has 0 aliphatic heterocycles. The van der Waals surface area contributed by atoms with E-state index in [1.54, 1.807) is 12.4 Å². The molecule has 3 rings (SSSR count). The maximum absolute atomic E-state index is 6.06. The van der Waals surface area contributed by atoms with Gasteiger partial charge in [0.2, 0.25) is 0 Å². The summed E-state index contributed by atoms with van der Waals surface area (Å²) in [5.74, 6) is 0. The Morgan fingerprint density at radius 1 is 1.29 bits per heavy atom. The zero-order valence-electron chi connectivity index (χ0n) is 11.5. The predicted octanol–water partition coefficient (Wildman–Crippen LogP) is 5.07. The Labute approximate surface area is 132 Å². The second-order valence-electron chi connectivity index (χ2n) is 4.69. The highest BCUT2D eigenvalue weighted by Gasteiger charge is 2.16. The number of halogens is 1. The molecule has 0 amide bonds. The van der Waals surface area contributed by atoms with E-state index >= 15 is 0 Å². The summed E-state index contributed by atoms with van der Waals surface area (Å²) in [4.78, 5) is 5.13. The van der Waals surface area contributed by atoms with Crippen molar-refractivity contribution >= 4 is 22.9 Å². The van der Waals surface area contributed by atoms with Gasteiger partial charge in [0.1, 0.15) is 5.69 Å². The van der Waals surface area contributed by atoms with Crippen molar-refractivity contribution in [1.29, 1.82) is 0 Å². The fourth-order valence-electron chi connectivity index (χ4n) is 2.07. The molecular weight excluding hydrogens is 302 g/mol. The number of nitrogens with zero attached hydrogens (tertiary/aromatic N) is 3. The highest BCUT2D eigenvalue weighted by Crippen LogP contribution is 2.37. The molecule has 21 heavy (non-hydrogen) atoms. The summed E-state index contributed by atoms with van der Waals surface area (Å²) < 4.78 is 2.68. The van der Waals surface area contributed by atoms with Crippen molar-refractivity contribution < 1.29 is 0 Å². The van der Waals surface area contributed by atoms with Crippen LogP contribution in [0.2, 0.25) is 4.34 Å². The zero-order valence-corrected chi connectivity index (χ0v) is 13.1. The van der Waals surface area contributed by atoms with Crippen molar-refractivity contribution in [3.63, 3.8) is 0 Å². The Hall–Kier alpha value is -1.91. The molecule has 1 unspecified atom stereocenters. The lowest BCUT2D eigenvalue weighted by molar-refractivity contribution is 0.584. The van der Waals surface area contributed by atoms with Crippen LogP contribution in [0.1, 0.15) is 13.0 Å². The number of pyridine rings is 1. The first-order chi connectivity index (χ1) is 10.2. The van der Waals surface area contributed by atoms with Crippen molar-refractivity contribution in [2.75, 3.05) is 0 Å². The molecule has 0 bridgehead atoms. The van der Waals surface area contributed by atoms with Crippen molar-refractivity contribution in [3.8, 4) is 21.7 Å². The normalized spacial score (nSPS) is 12.3. The van der Waals surface area contributed by atoms with Crippen LogP contribution in [0.25, 0.3) is 21.7 Å². The van der Waals surface area contributed by atoms with E-state index in [4.69, 9.17) is 16.7 Å². The number of thiophene rings is 1. The Bertz CT molecular complexity index is 761. The number of aromatic nitrogens is 3. The van der Waals surface area contributed by atoms with Gasteiger partial charge < -0.3 is 0 Å². The maximum Gasteiger partial charge on any atom is 0.110 e. The van der Waals surface area contributed by atoms with Gasteiger partial charge in [-0.1, -0.05) is 17.7 Å². The molecule has 0 fully saturated rings. The molecule has 0 aliphatic carbocycles. The third-order valence-corrected chi connectivity index (χ3v) is 4.53. The number of hydrogen-bond acceptors (Lipinski definition) is 3. The number of rotatable bonds is 4. The summed E-state index contributed by atoms with van der Waals surface area (Å²) in [5.41, 5.74) is 3.10. The smallest absolute Gasteiger partial charge is 0.110 e. The highest BCUT2D eigenvalue weighted by atomic mass is 35.5. The maximum atomic E-state index is 6.06. The van der Waals surface area contributed by atoms with Gasteiger partial charge in [-0.2, -0.15) is 5.10 Å². The molecule has 0 radical (unpaired) electrons. The van der Waals surface area contributed by atoms with Crippen LogP contribution in [0.5, 0.6) is 0 Å². The van der Waals surface area contributed by atoms with Crippen LogP contribution < -0.4 is 0 Å². The van der Waals surface area contributed by atoms with Crippen molar-refractivity contribution in [2.24, 2.45) is 0 Å². The molecule has 0 saturated heterocycles. The largest absolute Gasteiger partial charge is 0.265 e. The molecule has 5 heteroatoms. The summed E-state index contributed by atoms with van der Waals surface area (Å²) in [7, 11) is 0. The van der Waals surface area contributed by atoms with Crippen molar-refractivity contribution in [2.45, 2.75) is 13.0 Å². The predicted molar refractivity (Wildman–Crippen MR) is 88.7 cm³/mol. The van der Waals surface area contributed by atoms with E-state index in [0.717, 1.165) is 26.0 Å². The molecular formula is C16H14ClN3S. The van der Waals surface area contributed by atoms with Gasteiger partial charge in [0.25, 0.3) is 0 Å². The minimum Gasteiger partial charge on any atom is -0.265 e. The van der Waals surface area contributed by atoms with Crippen LogP contribution in [0, 0.1) is 0 Å². The average Bonchev–Trinajstić information content (AvgIpc) is 3.13. The Kier molecular flexibility index (Phi) is 3.90. The van der Waals surface area contributed by atoms with Crippen LogP contribution in [0.15, 0.2) is 55.5 Å². The summed E-state index contributed by atoms with van der Waals surface area (Å²) in [6.07, 6.45) is 7.49. The third kappa shape index (κ3) is 2.77. The van der Waals surface area contributed by atoms with Crippen LogP contribution in [-0.4, -0.2) is 14.8 Å². The van der Waals surface area contributed by atoms with E-state index in [1.165, 1.54) is 11.3 Å².